The van der Waals surface area contributed by atoms with Gasteiger partial charge in [0.15, 0.2) is 5.16 Å². The highest BCUT2D eigenvalue weighted by atomic mass is 32.2. The molecular weight excluding hydrogens is 184 g/mol. The molecule has 0 fully saturated rings. The van der Waals surface area contributed by atoms with Gasteiger partial charge in [0.25, 0.3) is 0 Å². The van der Waals surface area contributed by atoms with Crippen LogP contribution in [0.3, 0.4) is 0 Å². The van der Waals surface area contributed by atoms with Crippen molar-refractivity contribution in [2.24, 2.45) is 0 Å². The Morgan fingerprint density at radius 2 is 1.92 bits per heavy atom. The van der Waals surface area contributed by atoms with Crippen molar-refractivity contribution in [1.82, 2.24) is 9.97 Å². The topological polar surface area (TPSA) is 46.0 Å². The second kappa shape index (κ2) is 4.58. The average molecular weight is 198 g/mol. The number of aryl methyl sites for hydroxylation is 2. The largest absolute Gasteiger partial charge is 0.395 e. The summed E-state index contributed by atoms with van der Waals surface area (Å²) in [5.74, 6) is 0. The Hall–Kier alpha value is -0.610. The predicted molar refractivity (Wildman–Crippen MR) is 53.9 cm³/mol. The van der Waals surface area contributed by atoms with Crippen molar-refractivity contribution in [2.75, 3.05) is 6.61 Å². The summed E-state index contributed by atoms with van der Waals surface area (Å²) in [6, 6.07) is 1.94. The number of thioether (sulfide) groups is 1. The number of aliphatic hydroxyl groups is 1. The maximum atomic E-state index is 8.86. The van der Waals surface area contributed by atoms with Crippen molar-refractivity contribution in [3.63, 3.8) is 0 Å². The molecule has 0 bridgehead atoms. The SMILES string of the molecule is Cc1cc(C)nc(SC(C)CO)n1. The Balaban J connectivity index is 2.77. The van der Waals surface area contributed by atoms with Gasteiger partial charge in [0.1, 0.15) is 0 Å². The van der Waals surface area contributed by atoms with Crippen LogP contribution >= 0.6 is 11.8 Å². The summed E-state index contributed by atoms with van der Waals surface area (Å²) < 4.78 is 0. The third-order valence-corrected chi connectivity index (χ3v) is 2.47. The molecule has 3 nitrogen and oxygen atoms in total. The lowest BCUT2D eigenvalue weighted by molar-refractivity contribution is 0.300. The van der Waals surface area contributed by atoms with Crippen molar-refractivity contribution < 1.29 is 5.11 Å². The first kappa shape index (κ1) is 10.5. The molecule has 1 aromatic rings. The van der Waals surface area contributed by atoms with E-state index in [1.807, 2.05) is 26.8 Å². The lowest BCUT2D eigenvalue weighted by Crippen LogP contribution is -2.04. The normalized spacial score (nSPS) is 12.9. The van der Waals surface area contributed by atoms with E-state index in [1.165, 1.54) is 11.8 Å². The monoisotopic (exact) mass is 198 g/mol. The fourth-order valence-corrected chi connectivity index (χ4v) is 1.79. The minimum absolute atomic E-state index is 0.154. The molecular formula is C9H14N2OS. The molecule has 0 aliphatic heterocycles. The molecule has 0 saturated heterocycles. The van der Waals surface area contributed by atoms with Gasteiger partial charge < -0.3 is 5.11 Å². The molecule has 1 aromatic heterocycles. The van der Waals surface area contributed by atoms with Crippen LogP contribution in [0.15, 0.2) is 11.2 Å². The van der Waals surface area contributed by atoms with Crippen LogP contribution in [0.2, 0.25) is 0 Å². The van der Waals surface area contributed by atoms with E-state index in [1.54, 1.807) is 0 Å². The Morgan fingerprint density at radius 1 is 1.38 bits per heavy atom. The molecule has 1 unspecified atom stereocenters. The first-order valence-corrected chi connectivity index (χ1v) is 5.09. The van der Waals surface area contributed by atoms with Crippen LogP contribution in [-0.2, 0) is 0 Å². The fraction of sp³-hybridized carbons (Fsp3) is 0.556. The fourth-order valence-electron chi connectivity index (χ4n) is 0.963. The number of rotatable bonds is 3. The zero-order chi connectivity index (χ0) is 9.84. The lowest BCUT2D eigenvalue weighted by Gasteiger charge is -2.06. The van der Waals surface area contributed by atoms with E-state index in [2.05, 4.69) is 9.97 Å². The molecule has 0 radical (unpaired) electrons. The number of aromatic nitrogens is 2. The van der Waals surface area contributed by atoms with Crippen molar-refractivity contribution in [3.05, 3.63) is 17.5 Å². The Bertz CT molecular complexity index is 271. The standard InChI is InChI=1S/C9H14N2OS/c1-6-4-7(2)11-9(10-6)13-8(3)5-12/h4,8,12H,5H2,1-3H3. The molecule has 13 heavy (non-hydrogen) atoms. The van der Waals surface area contributed by atoms with Gasteiger partial charge in [-0.3, -0.25) is 0 Å². The van der Waals surface area contributed by atoms with Gasteiger partial charge in [-0.15, -0.1) is 0 Å². The molecule has 0 aromatic carbocycles. The molecule has 1 heterocycles. The zero-order valence-electron chi connectivity index (χ0n) is 8.11. The van der Waals surface area contributed by atoms with Gasteiger partial charge >= 0.3 is 0 Å². The summed E-state index contributed by atoms with van der Waals surface area (Å²) >= 11 is 1.50. The van der Waals surface area contributed by atoms with E-state index >= 15 is 0 Å². The second-order valence-corrected chi connectivity index (χ2v) is 4.45. The summed E-state index contributed by atoms with van der Waals surface area (Å²) in [6.07, 6.45) is 0. The average Bonchev–Trinajstić information content (AvgIpc) is 2.02. The maximum Gasteiger partial charge on any atom is 0.188 e. The number of hydrogen-bond donors (Lipinski definition) is 1. The third kappa shape index (κ3) is 3.32. The van der Waals surface area contributed by atoms with Gasteiger partial charge in [0, 0.05) is 16.6 Å². The van der Waals surface area contributed by atoms with Crippen molar-refractivity contribution in [1.29, 1.82) is 0 Å². The highest BCUT2D eigenvalue weighted by Crippen LogP contribution is 2.19. The highest BCUT2D eigenvalue weighted by molar-refractivity contribution is 7.99. The first-order valence-electron chi connectivity index (χ1n) is 4.21. The second-order valence-electron chi connectivity index (χ2n) is 3.04. The highest BCUT2D eigenvalue weighted by Gasteiger charge is 2.05. The van der Waals surface area contributed by atoms with Gasteiger partial charge in [-0.05, 0) is 19.9 Å². The van der Waals surface area contributed by atoms with Gasteiger partial charge in [-0.25, -0.2) is 9.97 Å². The number of aliphatic hydroxyl groups excluding tert-OH is 1. The van der Waals surface area contributed by atoms with E-state index in [-0.39, 0.29) is 11.9 Å². The van der Waals surface area contributed by atoms with E-state index in [9.17, 15) is 0 Å². The summed E-state index contributed by atoms with van der Waals surface area (Å²) in [4.78, 5) is 8.53. The molecule has 0 saturated carbocycles. The molecule has 1 rings (SSSR count). The molecule has 1 atom stereocenters. The smallest absolute Gasteiger partial charge is 0.188 e. The molecule has 0 amide bonds. The minimum atomic E-state index is 0.154. The van der Waals surface area contributed by atoms with Crippen LogP contribution in [0, 0.1) is 13.8 Å². The molecule has 0 aliphatic carbocycles. The predicted octanol–water partition coefficient (Wildman–Crippen LogP) is 1.57. The lowest BCUT2D eigenvalue weighted by atomic mass is 10.4. The third-order valence-electron chi connectivity index (χ3n) is 1.53. The van der Waals surface area contributed by atoms with E-state index in [0.29, 0.717) is 0 Å². The Morgan fingerprint density at radius 3 is 2.38 bits per heavy atom. The van der Waals surface area contributed by atoms with Crippen molar-refractivity contribution >= 4 is 11.8 Å². The van der Waals surface area contributed by atoms with E-state index in [4.69, 9.17) is 5.11 Å². The molecule has 0 spiro atoms. The van der Waals surface area contributed by atoms with Gasteiger partial charge in [0.05, 0.1) is 6.61 Å². The van der Waals surface area contributed by atoms with Gasteiger partial charge in [-0.1, -0.05) is 18.7 Å². The van der Waals surface area contributed by atoms with Crippen LogP contribution in [0.5, 0.6) is 0 Å². The van der Waals surface area contributed by atoms with E-state index in [0.717, 1.165) is 16.5 Å². The van der Waals surface area contributed by atoms with Crippen molar-refractivity contribution in [3.8, 4) is 0 Å². The molecule has 4 heteroatoms. The van der Waals surface area contributed by atoms with Crippen LogP contribution in [-0.4, -0.2) is 26.9 Å². The molecule has 0 aliphatic rings. The summed E-state index contributed by atoms with van der Waals surface area (Å²) in [7, 11) is 0. The van der Waals surface area contributed by atoms with E-state index < -0.39 is 0 Å². The van der Waals surface area contributed by atoms with Gasteiger partial charge in [0.2, 0.25) is 0 Å². The molecule has 72 valence electrons. The maximum absolute atomic E-state index is 8.86. The Kier molecular flexibility index (Phi) is 3.69. The van der Waals surface area contributed by atoms with Crippen LogP contribution in [0.1, 0.15) is 18.3 Å². The summed E-state index contributed by atoms with van der Waals surface area (Å²) in [5.41, 5.74) is 1.94. The molecule has 1 N–H and O–H groups in total. The van der Waals surface area contributed by atoms with Crippen LogP contribution in [0.4, 0.5) is 0 Å². The zero-order valence-corrected chi connectivity index (χ0v) is 8.93. The quantitative estimate of drug-likeness (QED) is 0.591. The van der Waals surface area contributed by atoms with Crippen molar-refractivity contribution in [2.45, 2.75) is 31.2 Å². The van der Waals surface area contributed by atoms with Crippen LogP contribution in [0.25, 0.3) is 0 Å². The number of nitrogens with zero attached hydrogens (tertiary/aromatic N) is 2. The summed E-state index contributed by atoms with van der Waals surface area (Å²) in [6.45, 7) is 6.00. The minimum Gasteiger partial charge on any atom is -0.395 e. The Labute approximate surface area is 82.6 Å². The number of hydrogen-bond acceptors (Lipinski definition) is 4. The van der Waals surface area contributed by atoms with Crippen LogP contribution < -0.4 is 0 Å². The van der Waals surface area contributed by atoms with Gasteiger partial charge in [-0.2, -0.15) is 0 Å². The first-order chi connectivity index (χ1) is 6.11. The summed E-state index contributed by atoms with van der Waals surface area (Å²) in [5, 5.41) is 9.76.